The lowest BCUT2D eigenvalue weighted by Crippen LogP contribution is -2.44. The van der Waals surface area contributed by atoms with Crippen molar-refractivity contribution in [3.63, 3.8) is 0 Å². The third-order valence-corrected chi connectivity index (χ3v) is 4.07. The van der Waals surface area contributed by atoms with Gasteiger partial charge in [-0.2, -0.15) is 11.8 Å². The first kappa shape index (κ1) is 16.9. The molecule has 2 heterocycles. The highest BCUT2D eigenvalue weighted by atomic mass is 32.2. The summed E-state index contributed by atoms with van der Waals surface area (Å²) >= 11 is 1.78. The van der Waals surface area contributed by atoms with Crippen LogP contribution < -0.4 is 15.5 Å². The molecule has 7 heteroatoms. The highest BCUT2D eigenvalue weighted by Gasteiger charge is 2.25. The molecule has 1 fully saturated rings. The van der Waals surface area contributed by atoms with Gasteiger partial charge in [-0.05, 0) is 31.7 Å². The summed E-state index contributed by atoms with van der Waals surface area (Å²) in [4.78, 5) is 10.7. The summed E-state index contributed by atoms with van der Waals surface area (Å²) in [6.45, 7) is 5.21. The number of hydrogen-bond acceptors (Lipinski definition) is 4. The largest absolute Gasteiger partial charge is 0.357 e. The summed E-state index contributed by atoms with van der Waals surface area (Å²) in [5.41, 5.74) is 0. The minimum atomic E-state index is -0.260. The number of nitrogens with zero attached hydrogens (tertiary/aromatic N) is 3. The molecule has 1 aliphatic heterocycles. The topological polar surface area (TPSA) is 52.6 Å². The minimum absolute atomic E-state index is 0.258. The second-order valence-electron chi connectivity index (χ2n) is 5.14. The van der Waals surface area contributed by atoms with Crippen molar-refractivity contribution in [2.75, 3.05) is 43.1 Å². The average molecular weight is 325 g/mol. The number of anilines is 1. The maximum Gasteiger partial charge on any atom is 0.191 e. The van der Waals surface area contributed by atoms with Crippen molar-refractivity contribution >= 4 is 23.5 Å². The van der Waals surface area contributed by atoms with Crippen molar-refractivity contribution in [1.82, 2.24) is 15.6 Å². The quantitative estimate of drug-likeness (QED) is 0.474. The van der Waals surface area contributed by atoms with Crippen LogP contribution in [0.15, 0.2) is 23.3 Å². The van der Waals surface area contributed by atoms with Gasteiger partial charge in [-0.25, -0.2) is 9.37 Å². The van der Waals surface area contributed by atoms with Crippen LogP contribution in [0.3, 0.4) is 0 Å². The van der Waals surface area contributed by atoms with Gasteiger partial charge in [0.15, 0.2) is 17.6 Å². The molecule has 1 unspecified atom stereocenters. The van der Waals surface area contributed by atoms with Gasteiger partial charge < -0.3 is 15.5 Å². The van der Waals surface area contributed by atoms with Crippen molar-refractivity contribution in [2.45, 2.75) is 19.4 Å². The molecular weight excluding hydrogens is 301 g/mol. The van der Waals surface area contributed by atoms with Crippen LogP contribution >= 0.6 is 11.8 Å². The molecule has 0 aromatic carbocycles. The molecule has 122 valence electrons. The summed E-state index contributed by atoms with van der Waals surface area (Å²) in [7, 11) is 0. The van der Waals surface area contributed by atoms with Crippen LogP contribution in [0.25, 0.3) is 0 Å². The first-order valence-electron chi connectivity index (χ1n) is 7.63. The van der Waals surface area contributed by atoms with E-state index in [-0.39, 0.29) is 11.9 Å². The van der Waals surface area contributed by atoms with E-state index >= 15 is 0 Å². The number of pyridine rings is 1. The van der Waals surface area contributed by atoms with Crippen molar-refractivity contribution in [3.8, 4) is 0 Å². The van der Waals surface area contributed by atoms with Gasteiger partial charge in [0.2, 0.25) is 0 Å². The summed E-state index contributed by atoms with van der Waals surface area (Å²) in [5, 5.41) is 6.69. The van der Waals surface area contributed by atoms with Crippen molar-refractivity contribution in [3.05, 3.63) is 24.1 Å². The maximum atomic E-state index is 13.8. The monoisotopic (exact) mass is 325 g/mol. The van der Waals surface area contributed by atoms with E-state index in [2.05, 4.69) is 33.8 Å². The summed E-state index contributed by atoms with van der Waals surface area (Å²) in [5.74, 6) is 2.02. The standard InChI is InChI=1S/C15H24FN5S/c1-3-17-15(19-8-10-22-2)20-12-6-9-21(11-12)14-13(16)5-4-7-18-14/h4-5,7,12H,3,6,8-11H2,1-2H3,(H2,17,19,20). The van der Waals surface area contributed by atoms with Gasteiger partial charge in [0.05, 0.1) is 6.54 Å². The van der Waals surface area contributed by atoms with Crippen LogP contribution in [0.4, 0.5) is 10.2 Å². The third-order valence-electron chi connectivity index (χ3n) is 3.48. The Bertz CT molecular complexity index is 497. The Kier molecular flexibility index (Phi) is 6.76. The van der Waals surface area contributed by atoms with Crippen LogP contribution in [-0.2, 0) is 0 Å². The van der Waals surface area contributed by atoms with Crippen LogP contribution in [-0.4, -0.2) is 55.2 Å². The van der Waals surface area contributed by atoms with E-state index in [4.69, 9.17) is 0 Å². The molecule has 1 aliphatic rings. The molecule has 0 aliphatic carbocycles. The molecule has 1 atom stereocenters. The Hall–Kier alpha value is -1.50. The number of guanidine groups is 1. The number of rotatable bonds is 6. The number of aliphatic imine (C=N–C) groups is 1. The van der Waals surface area contributed by atoms with Crippen LogP contribution in [0.2, 0.25) is 0 Å². The average Bonchev–Trinajstić information content (AvgIpc) is 2.96. The molecular formula is C15H24FN5S. The van der Waals surface area contributed by atoms with E-state index in [1.54, 1.807) is 24.0 Å². The zero-order valence-corrected chi connectivity index (χ0v) is 14.0. The lowest BCUT2D eigenvalue weighted by Gasteiger charge is -2.19. The predicted octanol–water partition coefficient (Wildman–Crippen LogP) is 1.72. The van der Waals surface area contributed by atoms with Gasteiger partial charge in [0.25, 0.3) is 0 Å². The van der Waals surface area contributed by atoms with Gasteiger partial charge in [-0.1, -0.05) is 0 Å². The van der Waals surface area contributed by atoms with Crippen molar-refractivity contribution in [1.29, 1.82) is 0 Å². The van der Waals surface area contributed by atoms with Gasteiger partial charge >= 0.3 is 0 Å². The molecule has 1 saturated heterocycles. The Morgan fingerprint density at radius 2 is 2.45 bits per heavy atom. The van der Waals surface area contributed by atoms with E-state index in [0.29, 0.717) is 5.82 Å². The summed E-state index contributed by atoms with van der Waals surface area (Å²) in [6.07, 6.45) is 4.65. The molecule has 0 spiro atoms. The Labute approximate surface area is 135 Å². The fourth-order valence-electron chi connectivity index (χ4n) is 2.44. The fraction of sp³-hybridized carbons (Fsp3) is 0.600. The molecule has 22 heavy (non-hydrogen) atoms. The highest BCUT2D eigenvalue weighted by molar-refractivity contribution is 7.98. The lowest BCUT2D eigenvalue weighted by atomic mass is 10.3. The first-order valence-corrected chi connectivity index (χ1v) is 9.03. The van der Waals surface area contributed by atoms with Crippen LogP contribution in [0, 0.1) is 5.82 Å². The summed E-state index contributed by atoms with van der Waals surface area (Å²) < 4.78 is 13.8. The highest BCUT2D eigenvalue weighted by Crippen LogP contribution is 2.20. The zero-order valence-electron chi connectivity index (χ0n) is 13.2. The normalized spacial score (nSPS) is 18.6. The van der Waals surface area contributed by atoms with Gasteiger partial charge in [-0.3, -0.25) is 4.99 Å². The van der Waals surface area contributed by atoms with E-state index in [1.165, 1.54) is 6.07 Å². The number of thioether (sulfide) groups is 1. The zero-order chi connectivity index (χ0) is 15.8. The number of hydrogen-bond donors (Lipinski definition) is 2. The third kappa shape index (κ3) is 4.76. The first-order chi connectivity index (χ1) is 10.7. The maximum absolute atomic E-state index is 13.8. The Balaban J connectivity index is 1.91. The smallest absolute Gasteiger partial charge is 0.191 e. The molecule has 0 radical (unpaired) electrons. The number of halogens is 1. The molecule has 2 N–H and O–H groups in total. The van der Waals surface area contributed by atoms with Crippen molar-refractivity contribution < 1.29 is 4.39 Å². The minimum Gasteiger partial charge on any atom is -0.357 e. The van der Waals surface area contributed by atoms with Gasteiger partial charge in [0.1, 0.15) is 0 Å². The van der Waals surface area contributed by atoms with E-state index in [1.807, 2.05) is 4.90 Å². The summed E-state index contributed by atoms with van der Waals surface area (Å²) in [6, 6.07) is 3.33. The van der Waals surface area contributed by atoms with Gasteiger partial charge in [0, 0.05) is 37.6 Å². The van der Waals surface area contributed by atoms with Crippen LogP contribution in [0.5, 0.6) is 0 Å². The molecule has 2 rings (SSSR count). The number of aromatic nitrogens is 1. The second kappa shape index (κ2) is 8.82. The lowest BCUT2D eigenvalue weighted by molar-refractivity contribution is 0.612. The SMILES string of the molecule is CCNC(=NCCSC)NC1CCN(c2ncccc2F)C1. The Morgan fingerprint density at radius 1 is 1.59 bits per heavy atom. The molecule has 0 amide bonds. The molecule has 0 saturated carbocycles. The van der Waals surface area contributed by atoms with Gasteiger partial charge in [-0.15, -0.1) is 0 Å². The van der Waals surface area contributed by atoms with Crippen molar-refractivity contribution in [2.24, 2.45) is 4.99 Å². The molecule has 0 bridgehead atoms. The molecule has 5 nitrogen and oxygen atoms in total. The van der Waals surface area contributed by atoms with Crippen LogP contribution in [0.1, 0.15) is 13.3 Å². The second-order valence-corrected chi connectivity index (χ2v) is 6.12. The Morgan fingerprint density at radius 3 is 3.18 bits per heavy atom. The predicted molar refractivity (Wildman–Crippen MR) is 92.3 cm³/mol. The van der Waals surface area contributed by atoms with E-state index in [0.717, 1.165) is 44.3 Å². The van der Waals surface area contributed by atoms with E-state index < -0.39 is 0 Å². The van der Waals surface area contributed by atoms with E-state index in [9.17, 15) is 4.39 Å². The molecule has 1 aromatic rings. The molecule has 1 aromatic heterocycles. The fourth-order valence-corrected chi connectivity index (χ4v) is 2.72. The number of nitrogens with one attached hydrogen (secondary N) is 2.